The summed E-state index contributed by atoms with van der Waals surface area (Å²) in [6.07, 6.45) is 3.08. The van der Waals surface area contributed by atoms with Crippen LogP contribution in [0.3, 0.4) is 0 Å². The smallest absolute Gasteiger partial charge is 0.248 e. The largest absolute Gasteiger partial charge is 0.494 e. The second kappa shape index (κ2) is 6.61. The number of hydrogen-bond acceptors (Lipinski definition) is 3. The van der Waals surface area contributed by atoms with Crippen molar-refractivity contribution in [2.75, 3.05) is 11.9 Å². The second-order valence-corrected chi connectivity index (χ2v) is 4.23. The number of nitrogens with one attached hydrogen (secondary N) is 1. The molecule has 0 aliphatic rings. The summed E-state index contributed by atoms with van der Waals surface area (Å²) in [6, 6.07) is 10.9. The molecular weight excluding hydrogens is 254 g/mol. The minimum atomic E-state index is -0.205. The van der Waals surface area contributed by atoms with Crippen LogP contribution in [0.2, 0.25) is 0 Å². The van der Waals surface area contributed by atoms with Gasteiger partial charge in [-0.05, 0) is 56.3 Å². The number of aryl methyl sites for hydroxylation is 1. The monoisotopic (exact) mass is 271 g/mol. The highest BCUT2D eigenvalue weighted by Gasteiger charge is 2.00. The molecule has 0 aliphatic heterocycles. The number of ether oxygens (including phenoxy) is 1. The van der Waals surface area contributed by atoms with E-state index in [1.165, 1.54) is 6.08 Å². The first-order chi connectivity index (χ1) is 9.67. The van der Waals surface area contributed by atoms with E-state index in [0.29, 0.717) is 12.4 Å². The third-order valence-electron chi connectivity index (χ3n) is 2.59. The number of rotatable bonds is 5. The Kier molecular flexibility index (Phi) is 4.60. The van der Waals surface area contributed by atoms with E-state index in [9.17, 15) is 4.79 Å². The molecule has 0 aliphatic carbocycles. The van der Waals surface area contributed by atoms with Crippen LogP contribution < -0.4 is 10.1 Å². The average Bonchev–Trinajstić information content (AvgIpc) is 2.85. The van der Waals surface area contributed by atoms with Crippen LogP contribution >= 0.6 is 0 Å². The predicted molar refractivity (Wildman–Crippen MR) is 78.7 cm³/mol. The number of amides is 1. The summed E-state index contributed by atoms with van der Waals surface area (Å²) in [4.78, 5) is 11.7. The molecular formula is C16H17NO3. The van der Waals surface area contributed by atoms with Gasteiger partial charge in [0.25, 0.3) is 0 Å². The van der Waals surface area contributed by atoms with E-state index < -0.39 is 0 Å². The van der Waals surface area contributed by atoms with Gasteiger partial charge in [-0.15, -0.1) is 0 Å². The van der Waals surface area contributed by atoms with Crippen molar-refractivity contribution < 1.29 is 13.9 Å². The van der Waals surface area contributed by atoms with Crippen molar-refractivity contribution in [3.05, 3.63) is 54.0 Å². The number of benzene rings is 1. The van der Waals surface area contributed by atoms with Gasteiger partial charge < -0.3 is 14.5 Å². The van der Waals surface area contributed by atoms with Gasteiger partial charge in [-0.3, -0.25) is 4.79 Å². The highest BCUT2D eigenvalue weighted by atomic mass is 16.5. The van der Waals surface area contributed by atoms with Gasteiger partial charge in [0.05, 0.1) is 6.61 Å². The third kappa shape index (κ3) is 4.02. The van der Waals surface area contributed by atoms with Crippen LogP contribution in [0.1, 0.15) is 18.4 Å². The third-order valence-corrected chi connectivity index (χ3v) is 2.59. The van der Waals surface area contributed by atoms with Gasteiger partial charge in [-0.25, -0.2) is 0 Å². The van der Waals surface area contributed by atoms with Gasteiger partial charge in [-0.2, -0.15) is 0 Å². The molecule has 1 heterocycles. The summed E-state index contributed by atoms with van der Waals surface area (Å²) in [5.74, 6) is 2.05. The number of anilines is 1. The Labute approximate surface area is 118 Å². The van der Waals surface area contributed by atoms with Crippen molar-refractivity contribution in [1.29, 1.82) is 0 Å². The minimum Gasteiger partial charge on any atom is -0.494 e. The van der Waals surface area contributed by atoms with Gasteiger partial charge in [-0.1, -0.05) is 0 Å². The molecule has 0 saturated heterocycles. The first-order valence-electron chi connectivity index (χ1n) is 6.46. The van der Waals surface area contributed by atoms with E-state index in [-0.39, 0.29) is 5.91 Å². The van der Waals surface area contributed by atoms with Crippen LogP contribution in [-0.2, 0) is 4.79 Å². The quantitative estimate of drug-likeness (QED) is 0.845. The van der Waals surface area contributed by atoms with E-state index >= 15 is 0 Å². The zero-order valence-corrected chi connectivity index (χ0v) is 11.6. The Morgan fingerprint density at radius 1 is 1.25 bits per heavy atom. The van der Waals surface area contributed by atoms with Crippen molar-refractivity contribution in [1.82, 2.24) is 0 Å². The molecule has 2 aromatic rings. The van der Waals surface area contributed by atoms with E-state index in [2.05, 4.69) is 5.32 Å². The zero-order chi connectivity index (χ0) is 14.4. The predicted octanol–water partition coefficient (Wildman–Crippen LogP) is 3.64. The fourth-order valence-corrected chi connectivity index (χ4v) is 1.69. The van der Waals surface area contributed by atoms with E-state index in [1.807, 2.05) is 38.1 Å². The summed E-state index contributed by atoms with van der Waals surface area (Å²) >= 11 is 0. The molecule has 4 nitrogen and oxygen atoms in total. The molecule has 20 heavy (non-hydrogen) atoms. The van der Waals surface area contributed by atoms with Crippen LogP contribution in [0.5, 0.6) is 5.75 Å². The standard InChI is InChI=1S/C16H17NO3/c1-3-19-14-8-5-13(6-9-14)17-16(18)11-10-15-7-4-12(2)20-15/h4-11H,3H2,1-2H3,(H,17,18). The SMILES string of the molecule is CCOc1ccc(NC(=O)C=Cc2ccc(C)o2)cc1. The van der Waals surface area contributed by atoms with E-state index in [1.54, 1.807) is 18.2 Å². The summed E-state index contributed by atoms with van der Waals surface area (Å²) in [5, 5.41) is 2.77. The molecule has 1 aromatic carbocycles. The summed E-state index contributed by atoms with van der Waals surface area (Å²) < 4.78 is 10.7. The molecule has 1 N–H and O–H groups in total. The maximum atomic E-state index is 11.7. The molecule has 4 heteroatoms. The van der Waals surface area contributed by atoms with Gasteiger partial charge >= 0.3 is 0 Å². The fraction of sp³-hybridized carbons (Fsp3) is 0.188. The minimum absolute atomic E-state index is 0.205. The van der Waals surface area contributed by atoms with Crippen LogP contribution in [0.4, 0.5) is 5.69 Å². The van der Waals surface area contributed by atoms with Crippen LogP contribution in [0, 0.1) is 6.92 Å². The summed E-state index contributed by atoms with van der Waals surface area (Å²) in [5.41, 5.74) is 0.721. The normalized spacial score (nSPS) is 10.7. The van der Waals surface area contributed by atoms with Crippen LogP contribution in [0.25, 0.3) is 6.08 Å². The first kappa shape index (κ1) is 13.9. The van der Waals surface area contributed by atoms with Crippen molar-refractivity contribution in [3.8, 4) is 5.75 Å². The molecule has 0 spiro atoms. The summed E-state index contributed by atoms with van der Waals surface area (Å²) in [6.45, 7) is 4.41. The number of furan rings is 1. The van der Waals surface area contributed by atoms with E-state index in [4.69, 9.17) is 9.15 Å². The Bertz CT molecular complexity index is 596. The van der Waals surface area contributed by atoms with Gasteiger partial charge in [0, 0.05) is 11.8 Å². The molecule has 0 atom stereocenters. The molecule has 0 radical (unpaired) electrons. The lowest BCUT2D eigenvalue weighted by atomic mass is 10.3. The molecule has 1 amide bonds. The van der Waals surface area contributed by atoms with E-state index in [0.717, 1.165) is 17.2 Å². The average molecular weight is 271 g/mol. The molecule has 0 unspecified atom stereocenters. The summed E-state index contributed by atoms with van der Waals surface area (Å²) in [7, 11) is 0. The van der Waals surface area contributed by atoms with Crippen molar-refractivity contribution in [3.63, 3.8) is 0 Å². The zero-order valence-electron chi connectivity index (χ0n) is 11.6. The lowest BCUT2D eigenvalue weighted by Gasteiger charge is -2.05. The second-order valence-electron chi connectivity index (χ2n) is 4.23. The van der Waals surface area contributed by atoms with Crippen LogP contribution in [0.15, 0.2) is 46.9 Å². The maximum Gasteiger partial charge on any atom is 0.248 e. The Morgan fingerprint density at radius 3 is 2.60 bits per heavy atom. The Balaban J connectivity index is 1.92. The molecule has 0 fully saturated rings. The van der Waals surface area contributed by atoms with Gasteiger partial charge in [0.2, 0.25) is 5.91 Å². The lowest BCUT2D eigenvalue weighted by molar-refractivity contribution is -0.111. The first-order valence-corrected chi connectivity index (χ1v) is 6.46. The molecule has 104 valence electrons. The highest BCUT2D eigenvalue weighted by Crippen LogP contribution is 2.15. The maximum absolute atomic E-state index is 11.7. The van der Waals surface area contributed by atoms with Crippen molar-refractivity contribution in [2.45, 2.75) is 13.8 Å². The Morgan fingerprint density at radius 2 is 2.00 bits per heavy atom. The number of hydrogen-bond donors (Lipinski definition) is 1. The highest BCUT2D eigenvalue weighted by molar-refractivity contribution is 6.01. The number of carbonyl (C=O) groups is 1. The molecule has 0 saturated carbocycles. The molecule has 2 rings (SSSR count). The molecule has 1 aromatic heterocycles. The van der Waals surface area contributed by atoms with Crippen molar-refractivity contribution >= 4 is 17.7 Å². The van der Waals surface area contributed by atoms with Gasteiger partial charge in [0.15, 0.2) is 0 Å². The Hall–Kier alpha value is -2.49. The van der Waals surface area contributed by atoms with Crippen molar-refractivity contribution in [2.24, 2.45) is 0 Å². The van der Waals surface area contributed by atoms with Gasteiger partial charge in [0.1, 0.15) is 17.3 Å². The number of carbonyl (C=O) groups excluding carboxylic acids is 1. The van der Waals surface area contributed by atoms with Crippen LogP contribution in [-0.4, -0.2) is 12.5 Å². The topological polar surface area (TPSA) is 51.5 Å². The fourth-order valence-electron chi connectivity index (χ4n) is 1.69. The molecule has 0 bridgehead atoms. The lowest BCUT2D eigenvalue weighted by Crippen LogP contribution is -2.07.